The van der Waals surface area contributed by atoms with Crippen LogP contribution in [0.4, 0.5) is 0 Å². The standard InChI is InChI=1S/C11H13NS/c1-2-10(12)8-4-3-5-11-9(8)6-7-13-11/h1,6-8,10H,3-5,12H2. The summed E-state index contributed by atoms with van der Waals surface area (Å²) in [5, 5.41) is 2.15. The molecule has 2 rings (SSSR count). The molecule has 0 saturated carbocycles. The number of hydrogen-bond acceptors (Lipinski definition) is 2. The van der Waals surface area contributed by atoms with Crippen LogP contribution in [0.5, 0.6) is 0 Å². The van der Waals surface area contributed by atoms with Crippen LogP contribution in [0.1, 0.15) is 29.2 Å². The van der Waals surface area contributed by atoms with E-state index in [-0.39, 0.29) is 6.04 Å². The van der Waals surface area contributed by atoms with E-state index in [1.165, 1.54) is 23.3 Å². The van der Waals surface area contributed by atoms with Crippen LogP contribution in [0.3, 0.4) is 0 Å². The van der Waals surface area contributed by atoms with E-state index in [9.17, 15) is 0 Å². The van der Waals surface area contributed by atoms with Crippen molar-refractivity contribution < 1.29 is 0 Å². The first kappa shape index (κ1) is 8.80. The van der Waals surface area contributed by atoms with Crippen molar-refractivity contribution in [2.75, 3.05) is 0 Å². The molecule has 2 N–H and O–H groups in total. The number of nitrogens with two attached hydrogens (primary N) is 1. The molecule has 1 aliphatic carbocycles. The van der Waals surface area contributed by atoms with Crippen LogP contribution < -0.4 is 5.73 Å². The van der Waals surface area contributed by atoms with Gasteiger partial charge >= 0.3 is 0 Å². The summed E-state index contributed by atoms with van der Waals surface area (Å²) in [6.07, 6.45) is 8.94. The molecule has 1 aromatic heterocycles. The Bertz CT molecular complexity index is 334. The minimum absolute atomic E-state index is 0.103. The number of terminal acetylenes is 1. The van der Waals surface area contributed by atoms with Crippen molar-refractivity contribution in [2.24, 2.45) is 5.73 Å². The van der Waals surface area contributed by atoms with Crippen molar-refractivity contribution in [3.8, 4) is 12.3 Å². The van der Waals surface area contributed by atoms with Gasteiger partial charge in [0.1, 0.15) is 0 Å². The third-order valence-electron chi connectivity index (χ3n) is 2.72. The van der Waals surface area contributed by atoms with E-state index in [1.54, 1.807) is 0 Å². The van der Waals surface area contributed by atoms with Gasteiger partial charge in [0.05, 0.1) is 6.04 Å². The predicted octanol–water partition coefficient (Wildman–Crippen LogP) is 2.13. The summed E-state index contributed by atoms with van der Waals surface area (Å²) < 4.78 is 0. The third kappa shape index (κ3) is 1.50. The first-order valence-corrected chi connectivity index (χ1v) is 5.49. The zero-order valence-corrected chi connectivity index (χ0v) is 8.31. The van der Waals surface area contributed by atoms with Gasteiger partial charge in [0.25, 0.3) is 0 Å². The van der Waals surface area contributed by atoms with E-state index in [4.69, 9.17) is 12.2 Å². The van der Waals surface area contributed by atoms with Crippen molar-refractivity contribution in [1.82, 2.24) is 0 Å². The van der Waals surface area contributed by atoms with Crippen LogP contribution in [0, 0.1) is 12.3 Å². The molecule has 1 aliphatic rings. The van der Waals surface area contributed by atoms with Crippen molar-refractivity contribution in [1.29, 1.82) is 0 Å². The molecule has 1 nitrogen and oxygen atoms in total. The van der Waals surface area contributed by atoms with Gasteiger partial charge in [0, 0.05) is 10.8 Å². The smallest absolute Gasteiger partial charge is 0.0731 e. The summed E-state index contributed by atoms with van der Waals surface area (Å²) in [4.78, 5) is 1.49. The van der Waals surface area contributed by atoms with Crippen LogP contribution >= 0.6 is 11.3 Å². The fourth-order valence-corrected chi connectivity index (χ4v) is 3.01. The second kappa shape index (κ2) is 3.53. The highest BCUT2D eigenvalue weighted by molar-refractivity contribution is 7.10. The highest BCUT2D eigenvalue weighted by atomic mass is 32.1. The summed E-state index contributed by atoms with van der Waals surface area (Å²) in [5.74, 6) is 3.05. The lowest BCUT2D eigenvalue weighted by Gasteiger charge is -2.24. The quantitative estimate of drug-likeness (QED) is 0.676. The molecule has 0 bridgehead atoms. The molecule has 2 atom stereocenters. The lowest BCUT2D eigenvalue weighted by molar-refractivity contribution is 0.524. The molecule has 0 amide bonds. The molecular formula is C11H13NS. The molecule has 0 aromatic carbocycles. The Labute approximate surface area is 83.0 Å². The van der Waals surface area contributed by atoms with Crippen LogP contribution in [-0.2, 0) is 6.42 Å². The Morgan fingerprint density at radius 3 is 3.31 bits per heavy atom. The molecule has 0 saturated heterocycles. The summed E-state index contributed by atoms with van der Waals surface area (Å²) in [7, 11) is 0. The van der Waals surface area contributed by atoms with Crippen LogP contribution in [0.25, 0.3) is 0 Å². The topological polar surface area (TPSA) is 26.0 Å². The number of hydrogen-bond donors (Lipinski definition) is 1. The predicted molar refractivity (Wildman–Crippen MR) is 56.8 cm³/mol. The Morgan fingerprint density at radius 2 is 2.54 bits per heavy atom. The van der Waals surface area contributed by atoms with Gasteiger partial charge in [-0.15, -0.1) is 17.8 Å². The van der Waals surface area contributed by atoms with Gasteiger partial charge < -0.3 is 5.73 Å². The number of thiophene rings is 1. The highest BCUT2D eigenvalue weighted by Gasteiger charge is 2.24. The molecular weight excluding hydrogens is 178 g/mol. The number of rotatable bonds is 1. The maximum Gasteiger partial charge on any atom is 0.0731 e. The van der Waals surface area contributed by atoms with Crippen LogP contribution in [0.15, 0.2) is 11.4 Å². The van der Waals surface area contributed by atoms with E-state index in [0.717, 1.165) is 6.42 Å². The molecule has 1 aromatic rings. The van der Waals surface area contributed by atoms with E-state index in [1.807, 2.05) is 11.3 Å². The molecule has 0 spiro atoms. The first-order valence-electron chi connectivity index (χ1n) is 4.61. The normalized spacial score (nSPS) is 23.2. The Balaban J connectivity index is 2.31. The first-order chi connectivity index (χ1) is 6.33. The van der Waals surface area contributed by atoms with E-state index in [2.05, 4.69) is 17.4 Å². The summed E-state index contributed by atoms with van der Waals surface area (Å²) >= 11 is 1.83. The molecule has 68 valence electrons. The zero-order chi connectivity index (χ0) is 9.26. The van der Waals surface area contributed by atoms with Gasteiger partial charge in [-0.05, 0) is 36.3 Å². The minimum Gasteiger partial charge on any atom is -0.317 e. The third-order valence-corrected chi connectivity index (χ3v) is 3.72. The van der Waals surface area contributed by atoms with Crippen LogP contribution in [0.2, 0.25) is 0 Å². The average molecular weight is 191 g/mol. The fraction of sp³-hybridized carbons (Fsp3) is 0.455. The molecule has 1 heterocycles. The lowest BCUT2D eigenvalue weighted by Crippen LogP contribution is -2.28. The van der Waals surface area contributed by atoms with E-state index in [0.29, 0.717) is 5.92 Å². The SMILES string of the molecule is C#CC(N)C1CCCc2sccc21. The van der Waals surface area contributed by atoms with Gasteiger partial charge in [0.2, 0.25) is 0 Å². The monoisotopic (exact) mass is 191 g/mol. The molecule has 0 radical (unpaired) electrons. The maximum absolute atomic E-state index is 5.89. The summed E-state index contributed by atoms with van der Waals surface area (Å²) in [6.45, 7) is 0. The molecule has 0 fully saturated rings. The largest absolute Gasteiger partial charge is 0.317 e. The van der Waals surface area contributed by atoms with Gasteiger partial charge in [-0.1, -0.05) is 5.92 Å². The fourth-order valence-electron chi connectivity index (χ4n) is 2.01. The molecule has 13 heavy (non-hydrogen) atoms. The van der Waals surface area contributed by atoms with Gasteiger partial charge in [0.15, 0.2) is 0 Å². The van der Waals surface area contributed by atoms with Crippen molar-refractivity contribution in [3.05, 3.63) is 21.9 Å². The Kier molecular flexibility index (Phi) is 2.39. The summed E-state index contributed by atoms with van der Waals surface area (Å²) in [5.41, 5.74) is 7.29. The Morgan fingerprint density at radius 1 is 1.69 bits per heavy atom. The van der Waals surface area contributed by atoms with E-state index >= 15 is 0 Å². The van der Waals surface area contributed by atoms with Crippen molar-refractivity contribution >= 4 is 11.3 Å². The number of fused-ring (bicyclic) bond motifs is 1. The van der Waals surface area contributed by atoms with Gasteiger partial charge in [-0.2, -0.15) is 0 Å². The molecule has 2 unspecified atom stereocenters. The lowest BCUT2D eigenvalue weighted by atomic mass is 9.83. The maximum atomic E-state index is 5.89. The zero-order valence-electron chi connectivity index (χ0n) is 7.49. The molecule has 0 aliphatic heterocycles. The van der Waals surface area contributed by atoms with E-state index < -0.39 is 0 Å². The highest BCUT2D eigenvalue weighted by Crippen LogP contribution is 2.36. The van der Waals surface area contributed by atoms with Gasteiger partial charge in [-0.25, -0.2) is 0 Å². The minimum atomic E-state index is -0.103. The van der Waals surface area contributed by atoms with Crippen molar-refractivity contribution in [3.63, 3.8) is 0 Å². The average Bonchev–Trinajstić information content (AvgIpc) is 2.63. The summed E-state index contributed by atoms with van der Waals surface area (Å²) in [6, 6.07) is 2.08. The van der Waals surface area contributed by atoms with Crippen molar-refractivity contribution in [2.45, 2.75) is 31.2 Å². The second-order valence-corrected chi connectivity index (χ2v) is 4.49. The van der Waals surface area contributed by atoms with Crippen LogP contribution in [-0.4, -0.2) is 6.04 Å². The number of aryl methyl sites for hydroxylation is 1. The molecule has 2 heteroatoms. The van der Waals surface area contributed by atoms with Gasteiger partial charge in [-0.3, -0.25) is 0 Å². The Hall–Kier alpha value is -0.780. The second-order valence-electron chi connectivity index (χ2n) is 3.49.